The summed E-state index contributed by atoms with van der Waals surface area (Å²) in [5.74, 6) is -0.999. The number of benzene rings is 3. The number of halogens is 3. The van der Waals surface area contributed by atoms with E-state index in [-0.39, 0.29) is 30.6 Å². The predicted octanol–water partition coefficient (Wildman–Crippen LogP) is 5.89. The highest BCUT2D eigenvalue weighted by atomic mass is 35.5. The number of sulfonamides is 1. The zero-order valence-electron chi connectivity index (χ0n) is 22.7. The Kier molecular flexibility index (Phi) is 10.9. The van der Waals surface area contributed by atoms with Gasteiger partial charge in [0.05, 0.1) is 11.9 Å². The summed E-state index contributed by atoms with van der Waals surface area (Å²) < 4.78 is 26.9. The van der Waals surface area contributed by atoms with Crippen molar-refractivity contribution >= 4 is 62.3 Å². The van der Waals surface area contributed by atoms with Gasteiger partial charge in [-0.05, 0) is 56.2 Å². The molecule has 214 valence electrons. The number of anilines is 1. The summed E-state index contributed by atoms with van der Waals surface area (Å²) in [5, 5.41) is 3.85. The molecule has 1 atom stereocenters. The molecule has 2 amide bonds. The molecule has 0 saturated heterocycles. The van der Waals surface area contributed by atoms with Crippen molar-refractivity contribution in [3.63, 3.8) is 0 Å². The molecular formula is C29H32Cl3N3O4S. The maximum absolute atomic E-state index is 14.1. The fourth-order valence-corrected chi connectivity index (χ4v) is 5.82. The fraction of sp³-hybridized carbons (Fsp3) is 0.310. The van der Waals surface area contributed by atoms with Gasteiger partial charge >= 0.3 is 0 Å². The fourth-order valence-electron chi connectivity index (χ4n) is 4.23. The van der Waals surface area contributed by atoms with Crippen LogP contribution in [0.15, 0.2) is 66.7 Å². The second kappa shape index (κ2) is 13.7. The highest BCUT2D eigenvalue weighted by molar-refractivity contribution is 7.92. The third-order valence-corrected chi connectivity index (χ3v) is 8.28. The molecule has 11 heteroatoms. The molecular weight excluding hydrogens is 593 g/mol. The first-order chi connectivity index (χ1) is 18.8. The molecule has 0 bridgehead atoms. The number of nitrogens with one attached hydrogen (secondary N) is 1. The monoisotopic (exact) mass is 623 g/mol. The highest BCUT2D eigenvalue weighted by Crippen LogP contribution is 2.29. The molecule has 0 aliphatic carbocycles. The van der Waals surface area contributed by atoms with Crippen LogP contribution in [0.4, 0.5) is 5.69 Å². The van der Waals surface area contributed by atoms with Gasteiger partial charge in [0.25, 0.3) is 0 Å². The van der Waals surface area contributed by atoms with Crippen molar-refractivity contribution in [3.8, 4) is 0 Å². The van der Waals surface area contributed by atoms with Crippen LogP contribution in [-0.4, -0.2) is 50.0 Å². The van der Waals surface area contributed by atoms with Gasteiger partial charge in [-0.2, -0.15) is 0 Å². The number of hydrogen-bond acceptors (Lipinski definition) is 4. The third kappa shape index (κ3) is 8.36. The quantitative estimate of drug-likeness (QED) is 0.289. The Morgan fingerprint density at radius 1 is 0.925 bits per heavy atom. The van der Waals surface area contributed by atoms with E-state index in [0.717, 1.165) is 16.1 Å². The molecule has 1 N–H and O–H groups in total. The van der Waals surface area contributed by atoms with E-state index in [2.05, 4.69) is 5.32 Å². The van der Waals surface area contributed by atoms with Gasteiger partial charge in [-0.3, -0.25) is 13.9 Å². The SMILES string of the molecule is Cc1ccc(Cl)cc1N(CC(=O)N(Cc1c(Cl)cccc1Cl)[C@@H](Cc1ccccc1)C(=O)NC(C)C)S(C)(=O)=O. The number of carbonyl (C=O) groups is 2. The van der Waals surface area contributed by atoms with Gasteiger partial charge in [0.15, 0.2) is 0 Å². The van der Waals surface area contributed by atoms with Gasteiger partial charge in [0.2, 0.25) is 21.8 Å². The van der Waals surface area contributed by atoms with Crippen LogP contribution in [0.2, 0.25) is 15.1 Å². The summed E-state index contributed by atoms with van der Waals surface area (Å²) in [5.41, 5.74) is 2.14. The lowest BCUT2D eigenvalue weighted by molar-refractivity contribution is -0.140. The molecule has 3 aromatic carbocycles. The number of hydrogen-bond donors (Lipinski definition) is 1. The smallest absolute Gasteiger partial charge is 0.244 e. The van der Waals surface area contributed by atoms with Crippen LogP contribution in [0, 0.1) is 6.92 Å². The largest absolute Gasteiger partial charge is 0.352 e. The minimum absolute atomic E-state index is 0.119. The molecule has 0 fully saturated rings. The van der Waals surface area contributed by atoms with Crippen molar-refractivity contribution in [1.82, 2.24) is 10.2 Å². The lowest BCUT2D eigenvalue weighted by atomic mass is 10.0. The van der Waals surface area contributed by atoms with E-state index in [9.17, 15) is 18.0 Å². The molecule has 3 rings (SSSR count). The average Bonchev–Trinajstić information content (AvgIpc) is 2.87. The minimum Gasteiger partial charge on any atom is -0.352 e. The molecule has 0 aliphatic heterocycles. The van der Waals surface area contributed by atoms with Crippen molar-refractivity contribution in [2.75, 3.05) is 17.1 Å². The lowest BCUT2D eigenvalue weighted by Crippen LogP contribution is -2.54. The molecule has 0 saturated carbocycles. The number of nitrogens with zero attached hydrogens (tertiary/aromatic N) is 2. The summed E-state index contributed by atoms with van der Waals surface area (Å²) in [6.07, 6.45) is 1.20. The van der Waals surface area contributed by atoms with E-state index < -0.39 is 28.5 Å². The summed E-state index contributed by atoms with van der Waals surface area (Å²) in [4.78, 5) is 29.1. The second-order valence-electron chi connectivity index (χ2n) is 9.79. The van der Waals surface area contributed by atoms with E-state index in [0.29, 0.717) is 26.2 Å². The maximum Gasteiger partial charge on any atom is 0.244 e. The van der Waals surface area contributed by atoms with Crippen LogP contribution in [0.5, 0.6) is 0 Å². The van der Waals surface area contributed by atoms with Gasteiger partial charge in [0, 0.05) is 39.6 Å². The average molecular weight is 625 g/mol. The Balaban J connectivity index is 2.13. The summed E-state index contributed by atoms with van der Waals surface area (Å²) >= 11 is 19.1. The van der Waals surface area contributed by atoms with Gasteiger partial charge in [-0.1, -0.05) is 77.3 Å². The summed E-state index contributed by atoms with van der Waals surface area (Å²) in [6.45, 7) is 4.68. The third-order valence-electron chi connectivity index (χ3n) is 6.21. The normalized spacial score (nSPS) is 12.2. The Hall–Kier alpha value is -2.78. The van der Waals surface area contributed by atoms with E-state index >= 15 is 0 Å². The van der Waals surface area contributed by atoms with E-state index in [1.165, 1.54) is 11.0 Å². The molecule has 0 spiro atoms. The van der Waals surface area contributed by atoms with Crippen molar-refractivity contribution in [2.45, 2.75) is 45.8 Å². The standard InChI is InChI=1S/C29H32Cl3N3O4S/c1-19(2)33-29(37)27(15-21-9-6-5-7-10-21)34(17-23-24(31)11-8-12-25(23)32)28(36)18-35(40(4,38)39)26-16-22(30)14-13-20(26)3/h5-14,16,19,27H,15,17-18H2,1-4H3,(H,33,37)/t27-/m0/s1. The van der Waals surface area contributed by atoms with Crippen LogP contribution in [0.1, 0.15) is 30.5 Å². The van der Waals surface area contributed by atoms with Crippen molar-refractivity contribution in [1.29, 1.82) is 0 Å². The lowest BCUT2D eigenvalue weighted by Gasteiger charge is -2.34. The van der Waals surface area contributed by atoms with Crippen molar-refractivity contribution < 1.29 is 18.0 Å². The topological polar surface area (TPSA) is 86.8 Å². The zero-order chi connectivity index (χ0) is 29.6. The zero-order valence-corrected chi connectivity index (χ0v) is 25.8. The van der Waals surface area contributed by atoms with E-state index in [1.54, 1.807) is 37.3 Å². The first kappa shape index (κ1) is 31.7. The van der Waals surface area contributed by atoms with Crippen LogP contribution in [-0.2, 0) is 32.6 Å². The summed E-state index contributed by atoms with van der Waals surface area (Å²) in [6, 6.07) is 17.8. The molecule has 0 aromatic heterocycles. The van der Waals surface area contributed by atoms with E-state index in [1.807, 2.05) is 44.2 Å². The predicted molar refractivity (Wildman–Crippen MR) is 163 cm³/mol. The van der Waals surface area contributed by atoms with Crippen LogP contribution in [0.3, 0.4) is 0 Å². The Morgan fingerprint density at radius 2 is 1.55 bits per heavy atom. The first-order valence-electron chi connectivity index (χ1n) is 12.6. The van der Waals surface area contributed by atoms with Gasteiger partial charge in [-0.15, -0.1) is 0 Å². The van der Waals surface area contributed by atoms with Gasteiger partial charge in [0.1, 0.15) is 12.6 Å². The van der Waals surface area contributed by atoms with Crippen LogP contribution < -0.4 is 9.62 Å². The molecule has 0 aliphatic rings. The molecule has 0 radical (unpaired) electrons. The Bertz CT molecular complexity index is 1450. The highest BCUT2D eigenvalue weighted by Gasteiger charge is 2.34. The minimum atomic E-state index is -3.92. The Morgan fingerprint density at radius 3 is 2.12 bits per heavy atom. The Labute approximate surface area is 251 Å². The summed E-state index contributed by atoms with van der Waals surface area (Å²) in [7, 11) is -3.92. The number of rotatable bonds is 11. The van der Waals surface area contributed by atoms with Crippen molar-refractivity contribution in [2.24, 2.45) is 0 Å². The van der Waals surface area contributed by atoms with Crippen LogP contribution >= 0.6 is 34.8 Å². The first-order valence-corrected chi connectivity index (χ1v) is 15.6. The van der Waals surface area contributed by atoms with Gasteiger partial charge < -0.3 is 10.2 Å². The molecule has 0 unspecified atom stereocenters. The van der Waals surface area contributed by atoms with Gasteiger partial charge in [-0.25, -0.2) is 8.42 Å². The molecule has 7 nitrogen and oxygen atoms in total. The van der Waals surface area contributed by atoms with E-state index in [4.69, 9.17) is 34.8 Å². The number of aryl methyl sites for hydroxylation is 1. The second-order valence-corrected chi connectivity index (χ2v) is 12.9. The molecule has 40 heavy (non-hydrogen) atoms. The molecule has 0 heterocycles. The number of carbonyl (C=O) groups excluding carboxylic acids is 2. The van der Waals surface area contributed by atoms with Crippen molar-refractivity contribution in [3.05, 3.63) is 98.5 Å². The maximum atomic E-state index is 14.1. The molecule has 3 aromatic rings. The number of amides is 2. The van der Waals surface area contributed by atoms with Crippen LogP contribution in [0.25, 0.3) is 0 Å².